The number of hydrogen-bond donors (Lipinski definition) is 4. The van der Waals surface area contributed by atoms with Crippen molar-refractivity contribution in [3.05, 3.63) is 216 Å². The molecule has 2 aliphatic heterocycles. The first kappa shape index (κ1) is 63.6. The standard InChI is InChI=1S/C58H62FN5O7Si.C10H12FN5O3/c1-56(2,3)72(8,9)69-36-49-52(71-58(42-18-14-11-15-19-42,43-24-32-47(67-6)33-25-43)44-26-34-48(68-7)35-27-44)50(59)55(70-49)64-38-62-51-53(60-37-61-54(51)64)63-57(39-16-12-10-13-17-39,40-20-28-45(65-4)29-21-40)41-22-30-46(66-5)31-23-41;11-5-7(18)4(1-17)19-10(5)16-3-15-6-8(12)13-2-14-9(6)16/h10-35,37-38,49-50,52,55H,36H2,1-9H3,(H,60,61,63);2-5,7,10,17-18H,1H2,(H2,12,13,14)/t49-,50-,52+,55-;4-,5-,7-,10-/m11/s1. The second-order valence-corrected chi connectivity index (χ2v) is 28.5. The van der Waals surface area contributed by atoms with Crippen molar-refractivity contribution in [2.24, 2.45) is 0 Å². The molecule has 474 valence electrons. The van der Waals surface area contributed by atoms with Gasteiger partial charge in [-0.15, -0.1) is 0 Å². The number of anilines is 2. The monoisotopic (exact) mass is 1260 g/mol. The van der Waals surface area contributed by atoms with E-state index in [1.165, 1.54) is 23.5 Å². The van der Waals surface area contributed by atoms with Gasteiger partial charge in [0, 0.05) is 0 Å². The van der Waals surface area contributed by atoms with Crippen molar-refractivity contribution in [1.29, 1.82) is 0 Å². The third kappa shape index (κ3) is 12.2. The Morgan fingerprint density at radius 2 is 0.967 bits per heavy atom. The number of alkyl halides is 2. The van der Waals surface area contributed by atoms with E-state index in [1.54, 1.807) is 39.3 Å². The fourth-order valence-electron chi connectivity index (χ4n) is 11.5. The molecular weight excluding hydrogens is 1180 g/mol. The Labute approximate surface area is 527 Å². The normalized spacial score (nSPS) is 20.3. The van der Waals surface area contributed by atoms with Gasteiger partial charge in [0.25, 0.3) is 0 Å². The number of fused-ring (bicyclic) bond motifs is 2. The number of hydrogen-bond acceptors (Lipinski definition) is 18. The molecule has 12 rings (SSSR count). The number of nitrogens with two attached hydrogens (primary N) is 1. The molecule has 0 unspecified atom stereocenters. The van der Waals surface area contributed by atoms with E-state index in [-0.39, 0.29) is 17.5 Å². The van der Waals surface area contributed by atoms with Gasteiger partial charge in [-0.1, -0.05) is 130 Å². The summed E-state index contributed by atoms with van der Waals surface area (Å²) >= 11 is 0. The van der Waals surface area contributed by atoms with Crippen LogP contribution in [0.2, 0.25) is 18.1 Å². The Kier molecular flexibility index (Phi) is 18.5. The maximum absolute atomic E-state index is 18.5. The molecule has 20 nitrogen and oxygen atoms in total. The van der Waals surface area contributed by atoms with E-state index >= 15 is 4.39 Å². The Morgan fingerprint density at radius 3 is 1.44 bits per heavy atom. The molecule has 5 N–H and O–H groups in total. The predicted octanol–water partition coefficient (Wildman–Crippen LogP) is 10.9. The van der Waals surface area contributed by atoms with Gasteiger partial charge < -0.3 is 58.8 Å². The third-order valence-corrected chi connectivity index (χ3v) is 22.0. The van der Waals surface area contributed by atoms with Crippen LogP contribution in [-0.4, -0.2) is 136 Å². The van der Waals surface area contributed by atoms with Crippen molar-refractivity contribution in [2.75, 3.05) is 52.7 Å². The molecule has 6 aromatic carbocycles. The summed E-state index contributed by atoms with van der Waals surface area (Å²) in [5.74, 6) is 3.34. The fraction of sp³-hybridized carbons (Fsp3) is 0.324. The number of imidazole rings is 2. The largest absolute Gasteiger partial charge is 0.497 e. The number of halogens is 2. The summed E-state index contributed by atoms with van der Waals surface area (Å²) in [6.45, 7) is 10.5. The second kappa shape index (κ2) is 26.5. The quantitative estimate of drug-likeness (QED) is 0.0410. The van der Waals surface area contributed by atoms with Crippen LogP contribution >= 0.6 is 0 Å². The van der Waals surface area contributed by atoms with Crippen molar-refractivity contribution >= 4 is 42.3 Å². The van der Waals surface area contributed by atoms with Crippen LogP contribution in [0.15, 0.2) is 183 Å². The first-order valence-corrected chi connectivity index (χ1v) is 32.6. The van der Waals surface area contributed by atoms with Gasteiger partial charge in [0.1, 0.15) is 76.7 Å². The second-order valence-electron chi connectivity index (χ2n) is 23.7. The number of benzene rings is 6. The number of rotatable bonds is 20. The lowest BCUT2D eigenvalue weighted by molar-refractivity contribution is -0.103. The van der Waals surface area contributed by atoms with Crippen LogP contribution < -0.4 is 30.0 Å². The number of aliphatic hydroxyl groups is 2. The van der Waals surface area contributed by atoms with Crippen LogP contribution in [0.25, 0.3) is 22.3 Å². The summed E-state index contributed by atoms with van der Waals surface area (Å²) in [5.41, 5.74) is 9.66. The lowest BCUT2D eigenvalue weighted by Crippen LogP contribution is -2.47. The van der Waals surface area contributed by atoms with Gasteiger partial charge in [0.15, 0.2) is 61.6 Å². The molecule has 2 fully saturated rings. The van der Waals surface area contributed by atoms with Crippen molar-refractivity contribution in [3.63, 3.8) is 0 Å². The molecule has 0 amide bonds. The first-order valence-electron chi connectivity index (χ1n) is 29.7. The van der Waals surface area contributed by atoms with Gasteiger partial charge >= 0.3 is 0 Å². The van der Waals surface area contributed by atoms with Gasteiger partial charge in [-0.25, -0.2) is 38.7 Å². The summed E-state index contributed by atoms with van der Waals surface area (Å²) in [4.78, 5) is 26.3. The number of methoxy groups -OCH3 is 4. The third-order valence-electron chi connectivity index (χ3n) is 17.5. The van der Waals surface area contributed by atoms with Crippen molar-refractivity contribution in [2.45, 2.75) is 99.3 Å². The van der Waals surface area contributed by atoms with Crippen LogP contribution in [0.3, 0.4) is 0 Å². The lowest BCUT2D eigenvalue weighted by atomic mass is 9.77. The molecule has 0 saturated carbocycles. The number of aromatic nitrogens is 8. The average molecular weight is 1260 g/mol. The Hall–Kier alpha value is -8.94. The van der Waals surface area contributed by atoms with Gasteiger partial charge in [0.05, 0.1) is 54.3 Å². The zero-order valence-corrected chi connectivity index (χ0v) is 52.9. The zero-order chi connectivity index (χ0) is 64.2. The molecule has 8 atom stereocenters. The molecule has 2 saturated heterocycles. The predicted molar refractivity (Wildman–Crippen MR) is 342 cm³/mol. The number of nitrogen functional groups attached to an aromatic ring is 1. The van der Waals surface area contributed by atoms with E-state index < -0.39 is 75.3 Å². The molecule has 0 aliphatic carbocycles. The Bertz CT molecular complexity index is 3940. The number of ether oxygens (including phenoxy) is 7. The van der Waals surface area contributed by atoms with Gasteiger partial charge in [0.2, 0.25) is 0 Å². The number of aliphatic hydroxyl groups excluding tert-OH is 2. The molecule has 10 aromatic rings. The van der Waals surface area contributed by atoms with Crippen LogP contribution in [0.1, 0.15) is 66.6 Å². The highest BCUT2D eigenvalue weighted by Crippen LogP contribution is 2.49. The highest BCUT2D eigenvalue weighted by Gasteiger charge is 2.54. The summed E-state index contributed by atoms with van der Waals surface area (Å²) in [6, 6.07) is 51.2. The fourth-order valence-corrected chi connectivity index (χ4v) is 12.5. The van der Waals surface area contributed by atoms with Gasteiger partial charge in [-0.05, 0) is 100 Å². The summed E-state index contributed by atoms with van der Waals surface area (Å²) in [5, 5.41) is 22.3. The van der Waals surface area contributed by atoms with E-state index in [0.29, 0.717) is 51.1 Å². The van der Waals surface area contributed by atoms with Crippen LogP contribution in [0, 0.1) is 0 Å². The van der Waals surface area contributed by atoms with Crippen molar-refractivity contribution < 1.29 is 56.6 Å². The van der Waals surface area contributed by atoms with Gasteiger partial charge in [-0.2, -0.15) is 0 Å². The SMILES string of the molecule is COc1ccc(C(Nc2ncnc3c2ncn3[C@@H]2O[C@H](CO[Si](C)(C)C(C)(C)C)[C@H](OC(c3ccccc3)(c3ccc(OC)cc3)c3ccc(OC)cc3)[C@H]2F)(c2ccccc2)c2ccc(OC)cc2)cc1.Nc1ncnc2c1ncn2[C@@H]1O[C@H](CO)[C@@H](O)[C@H]1F. The molecule has 2 aliphatic rings. The molecule has 0 bridgehead atoms. The van der Waals surface area contributed by atoms with Crippen molar-refractivity contribution in [3.8, 4) is 23.0 Å². The zero-order valence-electron chi connectivity index (χ0n) is 51.9. The van der Waals surface area contributed by atoms with Crippen LogP contribution in [0.5, 0.6) is 23.0 Å². The van der Waals surface area contributed by atoms with Crippen LogP contribution in [0.4, 0.5) is 20.4 Å². The van der Waals surface area contributed by atoms with E-state index in [1.807, 2.05) is 146 Å². The Balaban J connectivity index is 0.000000379. The van der Waals surface area contributed by atoms with E-state index in [4.69, 9.17) is 63.4 Å². The Morgan fingerprint density at radius 1 is 0.549 bits per heavy atom. The first-order chi connectivity index (χ1) is 43.9. The highest BCUT2D eigenvalue weighted by atomic mass is 28.4. The molecule has 6 heterocycles. The minimum atomic E-state index is -2.40. The maximum atomic E-state index is 18.5. The number of nitrogens with one attached hydrogen (secondary N) is 1. The highest BCUT2D eigenvalue weighted by molar-refractivity contribution is 6.74. The van der Waals surface area contributed by atoms with Gasteiger partial charge in [-0.3, -0.25) is 9.13 Å². The molecule has 0 spiro atoms. The molecule has 23 heteroatoms. The minimum Gasteiger partial charge on any atom is -0.497 e. The smallest absolute Gasteiger partial charge is 0.192 e. The molecular formula is C68H74F2N10O10Si. The summed E-state index contributed by atoms with van der Waals surface area (Å²) in [6.07, 6.45) is -4.65. The average Bonchev–Trinajstić information content (AvgIpc) is 1.73. The van der Waals surface area contributed by atoms with E-state index in [0.717, 1.165) is 33.4 Å². The summed E-state index contributed by atoms with van der Waals surface area (Å²) < 4.78 is 84.5. The lowest BCUT2D eigenvalue weighted by Gasteiger charge is -2.40. The molecule has 91 heavy (non-hydrogen) atoms. The topological polar surface area (TPSA) is 240 Å². The maximum Gasteiger partial charge on any atom is 0.192 e. The van der Waals surface area contributed by atoms with Crippen molar-refractivity contribution in [1.82, 2.24) is 39.0 Å². The van der Waals surface area contributed by atoms with Crippen LogP contribution in [-0.2, 0) is 29.8 Å². The minimum absolute atomic E-state index is 0.0753. The molecule has 4 aromatic heterocycles. The molecule has 0 radical (unpaired) electrons. The summed E-state index contributed by atoms with van der Waals surface area (Å²) in [7, 11) is 4.14. The van der Waals surface area contributed by atoms with E-state index in [9.17, 15) is 9.50 Å². The number of nitrogens with zero attached hydrogens (tertiary/aromatic N) is 8. The van der Waals surface area contributed by atoms with E-state index in [2.05, 4.69) is 66.3 Å².